The largest absolute Gasteiger partial charge is 0.325 e. The molecule has 4 rings (SSSR count). The zero-order valence-corrected chi connectivity index (χ0v) is 15.6. The van der Waals surface area contributed by atoms with E-state index in [1.807, 2.05) is 24.3 Å². The summed E-state index contributed by atoms with van der Waals surface area (Å²) >= 11 is 0. The third-order valence-electron chi connectivity index (χ3n) is 5.50. The van der Waals surface area contributed by atoms with Crippen molar-refractivity contribution >= 4 is 29.2 Å². The number of fused-ring (bicyclic) bond motifs is 2. The van der Waals surface area contributed by atoms with Gasteiger partial charge in [0, 0.05) is 6.07 Å². The van der Waals surface area contributed by atoms with Gasteiger partial charge in [0.15, 0.2) is 0 Å². The molecule has 1 aliphatic carbocycles. The van der Waals surface area contributed by atoms with Crippen LogP contribution in [0.5, 0.6) is 0 Å². The van der Waals surface area contributed by atoms with Crippen LogP contribution in [0.15, 0.2) is 42.5 Å². The highest BCUT2D eigenvalue weighted by atomic mass is 16.6. The Kier molecular flexibility index (Phi) is 4.30. The molecular weight excluding hydrogens is 376 g/mol. The standard InChI is InChI=1S/C20H18N4O5/c1-12-15(7-4-8-16(12)24(28)29)21-17(25)11-23-18(26)20(22-19(23)27)10-9-13-5-2-3-6-14(13)20/h2-8H,9-11H2,1H3,(H,21,25)(H,22,27)/t20-/m1/s1. The van der Waals surface area contributed by atoms with Crippen LogP contribution in [0, 0.1) is 17.0 Å². The van der Waals surface area contributed by atoms with Crippen LogP contribution in [0.2, 0.25) is 0 Å². The number of nitro groups is 1. The van der Waals surface area contributed by atoms with Crippen molar-refractivity contribution in [3.63, 3.8) is 0 Å². The van der Waals surface area contributed by atoms with E-state index >= 15 is 0 Å². The van der Waals surface area contributed by atoms with Gasteiger partial charge in [0.2, 0.25) is 5.91 Å². The molecule has 1 fully saturated rings. The third kappa shape index (κ3) is 2.91. The first kappa shape index (κ1) is 18.6. The van der Waals surface area contributed by atoms with Gasteiger partial charge in [-0.1, -0.05) is 30.3 Å². The number of carbonyl (C=O) groups is 3. The molecule has 0 unspecified atom stereocenters. The van der Waals surface area contributed by atoms with Crippen LogP contribution in [-0.2, 0) is 21.5 Å². The number of imide groups is 1. The Morgan fingerprint density at radius 3 is 2.76 bits per heavy atom. The number of amides is 4. The summed E-state index contributed by atoms with van der Waals surface area (Å²) in [5.74, 6) is -1.07. The molecule has 2 aromatic rings. The molecule has 1 spiro atoms. The number of aryl methyl sites for hydroxylation is 1. The second-order valence-corrected chi connectivity index (χ2v) is 7.14. The molecular formula is C20H18N4O5. The van der Waals surface area contributed by atoms with Crippen LogP contribution in [0.4, 0.5) is 16.2 Å². The molecule has 148 valence electrons. The van der Waals surface area contributed by atoms with Crippen molar-refractivity contribution in [2.75, 3.05) is 11.9 Å². The lowest BCUT2D eigenvalue weighted by molar-refractivity contribution is -0.385. The van der Waals surface area contributed by atoms with Gasteiger partial charge in [-0.3, -0.25) is 24.6 Å². The van der Waals surface area contributed by atoms with E-state index in [0.717, 1.165) is 16.0 Å². The summed E-state index contributed by atoms with van der Waals surface area (Å²) in [5.41, 5.74) is 1.06. The van der Waals surface area contributed by atoms with Gasteiger partial charge in [-0.15, -0.1) is 0 Å². The van der Waals surface area contributed by atoms with Gasteiger partial charge in [0.1, 0.15) is 12.1 Å². The van der Waals surface area contributed by atoms with E-state index in [1.165, 1.54) is 25.1 Å². The van der Waals surface area contributed by atoms with Gasteiger partial charge in [-0.05, 0) is 37.0 Å². The molecule has 1 atom stereocenters. The smallest absolute Gasteiger partial charge is 0.324 e. The summed E-state index contributed by atoms with van der Waals surface area (Å²) in [6.07, 6.45) is 1.11. The first-order valence-corrected chi connectivity index (χ1v) is 9.10. The first-order chi connectivity index (χ1) is 13.8. The lowest BCUT2D eigenvalue weighted by atomic mass is 9.92. The number of benzene rings is 2. The van der Waals surface area contributed by atoms with E-state index in [9.17, 15) is 24.5 Å². The molecule has 0 bridgehead atoms. The van der Waals surface area contributed by atoms with Crippen LogP contribution in [-0.4, -0.2) is 34.2 Å². The third-order valence-corrected chi connectivity index (χ3v) is 5.50. The Balaban J connectivity index is 1.53. The van der Waals surface area contributed by atoms with Crippen molar-refractivity contribution in [3.05, 3.63) is 69.3 Å². The van der Waals surface area contributed by atoms with Crippen molar-refractivity contribution < 1.29 is 19.3 Å². The van der Waals surface area contributed by atoms with Crippen LogP contribution < -0.4 is 10.6 Å². The van der Waals surface area contributed by atoms with Crippen molar-refractivity contribution in [3.8, 4) is 0 Å². The molecule has 29 heavy (non-hydrogen) atoms. The van der Waals surface area contributed by atoms with Crippen molar-refractivity contribution in [2.45, 2.75) is 25.3 Å². The van der Waals surface area contributed by atoms with Crippen molar-refractivity contribution in [2.24, 2.45) is 0 Å². The summed E-state index contributed by atoms with van der Waals surface area (Å²) < 4.78 is 0. The summed E-state index contributed by atoms with van der Waals surface area (Å²) in [6.45, 7) is 1.04. The van der Waals surface area contributed by atoms with Crippen molar-refractivity contribution in [1.29, 1.82) is 0 Å². The van der Waals surface area contributed by atoms with Gasteiger partial charge in [-0.25, -0.2) is 4.79 Å². The normalized spacial score (nSPS) is 20.0. The maximum Gasteiger partial charge on any atom is 0.325 e. The maximum absolute atomic E-state index is 13.1. The fourth-order valence-electron chi connectivity index (χ4n) is 4.02. The van der Waals surface area contributed by atoms with Gasteiger partial charge >= 0.3 is 6.03 Å². The quantitative estimate of drug-likeness (QED) is 0.468. The minimum absolute atomic E-state index is 0.126. The van der Waals surface area contributed by atoms with E-state index in [1.54, 1.807) is 0 Å². The Morgan fingerprint density at radius 1 is 1.24 bits per heavy atom. The van der Waals surface area contributed by atoms with E-state index in [2.05, 4.69) is 10.6 Å². The molecule has 2 aromatic carbocycles. The SMILES string of the molecule is Cc1c(NC(=O)CN2C(=O)N[C@@]3(CCc4ccccc43)C2=O)cccc1[N+](=O)[O-]. The van der Waals surface area contributed by atoms with E-state index in [0.29, 0.717) is 18.4 Å². The highest BCUT2D eigenvalue weighted by Crippen LogP contribution is 2.41. The number of nitro benzene ring substituents is 1. The summed E-state index contributed by atoms with van der Waals surface area (Å²) in [5, 5.41) is 16.4. The van der Waals surface area contributed by atoms with Crippen molar-refractivity contribution in [1.82, 2.24) is 10.2 Å². The molecule has 0 aromatic heterocycles. The Bertz CT molecular complexity index is 1070. The lowest BCUT2D eigenvalue weighted by Crippen LogP contribution is -2.43. The van der Waals surface area contributed by atoms with E-state index in [4.69, 9.17) is 0 Å². The van der Waals surface area contributed by atoms with Gasteiger partial charge in [0.05, 0.1) is 16.2 Å². The first-order valence-electron chi connectivity index (χ1n) is 9.10. The molecule has 1 aliphatic heterocycles. The molecule has 0 saturated carbocycles. The predicted molar refractivity (Wildman–Crippen MR) is 103 cm³/mol. The zero-order chi connectivity index (χ0) is 20.8. The average molecular weight is 394 g/mol. The molecule has 1 saturated heterocycles. The number of anilines is 1. The minimum atomic E-state index is -1.13. The van der Waals surface area contributed by atoms with Crippen LogP contribution in [0.3, 0.4) is 0 Å². The van der Waals surface area contributed by atoms with Gasteiger partial charge < -0.3 is 10.6 Å². The average Bonchev–Trinajstić information content (AvgIpc) is 3.17. The lowest BCUT2D eigenvalue weighted by Gasteiger charge is -2.22. The molecule has 0 radical (unpaired) electrons. The molecule has 9 nitrogen and oxygen atoms in total. The number of hydrogen-bond acceptors (Lipinski definition) is 5. The monoisotopic (exact) mass is 394 g/mol. The molecule has 1 heterocycles. The van der Waals surface area contributed by atoms with Gasteiger partial charge in [0.25, 0.3) is 11.6 Å². The second-order valence-electron chi connectivity index (χ2n) is 7.14. The topological polar surface area (TPSA) is 122 Å². The minimum Gasteiger partial charge on any atom is -0.324 e. The highest BCUT2D eigenvalue weighted by molar-refractivity contribution is 6.11. The second kappa shape index (κ2) is 6.69. The number of nitrogens with zero attached hydrogens (tertiary/aromatic N) is 2. The number of hydrogen-bond donors (Lipinski definition) is 2. The number of nitrogens with one attached hydrogen (secondary N) is 2. The van der Waals surface area contributed by atoms with Crippen LogP contribution in [0.1, 0.15) is 23.1 Å². The fourth-order valence-corrected chi connectivity index (χ4v) is 4.02. The highest BCUT2D eigenvalue weighted by Gasteiger charge is 2.55. The van der Waals surface area contributed by atoms with Gasteiger partial charge in [-0.2, -0.15) is 0 Å². The molecule has 2 aliphatic rings. The predicted octanol–water partition coefficient (Wildman–Crippen LogP) is 2.24. The Morgan fingerprint density at radius 2 is 2.00 bits per heavy atom. The van der Waals surface area contributed by atoms with Crippen LogP contribution in [0.25, 0.3) is 0 Å². The molecule has 4 amide bonds. The zero-order valence-electron chi connectivity index (χ0n) is 15.6. The Hall–Kier alpha value is -3.75. The number of rotatable bonds is 4. The maximum atomic E-state index is 13.1. The summed E-state index contributed by atoms with van der Waals surface area (Å²) in [4.78, 5) is 49.5. The summed E-state index contributed by atoms with van der Waals surface area (Å²) in [7, 11) is 0. The van der Waals surface area contributed by atoms with Crippen LogP contribution >= 0.6 is 0 Å². The summed E-state index contributed by atoms with van der Waals surface area (Å²) in [6, 6.07) is 11.1. The molecule has 9 heteroatoms. The number of carbonyl (C=O) groups excluding carboxylic acids is 3. The van der Waals surface area contributed by atoms with E-state index in [-0.39, 0.29) is 11.4 Å². The Labute approximate surface area is 165 Å². The fraction of sp³-hybridized carbons (Fsp3) is 0.250. The number of urea groups is 1. The van der Waals surface area contributed by atoms with E-state index < -0.39 is 34.9 Å². The molecule has 2 N–H and O–H groups in total.